The van der Waals surface area contributed by atoms with E-state index in [9.17, 15) is 8.42 Å². The van der Waals surface area contributed by atoms with Gasteiger partial charge in [0.15, 0.2) is 5.03 Å². The van der Waals surface area contributed by atoms with Crippen LogP contribution in [0.25, 0.3) is 0 Å². The lowest BCUT2D eigenvalue weighted by molar-refractivity contribution is 0.281. The third kappa shape index (κ3) is 3.49. The molecule has 0 saturated heterocycles. The van der Waals surface area contributed by atoms with E-state index in [0.29, 0.717) is 12.1 Å². The fraction of sp³-hybridized carbons (Fsp3) is 0.545. The number of rotatable bonds is 6. The van der Waals surface area contributed by atoms with E-state index in [4.69, 9.17) is 5.11 Å². The van der Waals surface area contributed by atoms with Crippen LogP contribution in [0, 0.1) is 0 Å². The summed E-state index contributed by atoms with van der Waals surface area (Å²) in [5, 5.41) is 8.88. The van der Waals surface area contributed by atoms with E-state index >= 15 is 0 Å². The van der Waals surface area contributed by atoms with Crippen LogP contribution in [0.3, 0.4) is 0 Å². The molecule has 0 unspecified atom stereocenters. The Morgan fingerprint density at radius 3 is 2.59 bits per heavy atom. The standard InChI is InChI=1S/C11H18N2O3S/c1-3-4-7-13(2)17(15,16)11-6-5-10(9-14)8-12-11/h5-6,8,14H,3-4,7,9H2,1-2H3. The Kier molecular flexibility index (Phi) is 5.04. The van der Waals surface area contributed by atoms with Gasteiger partial charge in [-0.25, -0.2) is 13.4 Å². The van der Waals surface area contributed by atoms with Crippen molar-refractivity contribution in [3.63, 3.8) is 0 Å². The zero-order valence-electron chi connectivity index (χ0n) is 10.1. The topological polar surface area (TPSA) is 70.5 Å². The van der Waals surface area contributed by atoms with E-state index < -0.39 is 10.0 Å². The molecule has 0 aliphatic carbocycles. The second-order valence-electron chi connectivity index (χ2n) is 3.84. The molecule has 6 heteroatoms. The predicted molar refractivity (Wildman–Crippen MR) is 64.9 cm³/mol. The Morgan fingerprint density at radius 2 is 2.12 bits per heavy atom. The van der Waals surface area contributed by atoms with Crippen LogP contribution < -0.4 is 0 Å². The molecule has 0 aromatic carbocycles. The first-order valence-electron chi connectivity index (χ1n) is 5.54. The molecule has 0 saturated carbocycles. The molecule has 1 heterocycles. The molecule has 1 N–H and O–H groups in total. The normalized spacial score (nSPS) is 12.0. The van der Waals surface area contributed by atoms with Crippen LogP contribution in [0.15, 0.2) is 23.4 Å². The van der Waals surface area contributed by atoms with Gasteiger partial charge in [-0.2, -0.15) is 4.31 Å². The summed E-state index contributed by atoms with van der Waals surface area (Å²) < 4.78 is 25.4. The number of unbranched alkanes of at least 4 members (excludes halogenated alkanes) is 1. The molecular weight excluding hydrogens is 240 g/mol. The fourth-order valence-corrected chi connectivity index (χ4v) is 2.43. The molecule has 17 heavy (non-hydrogen) atoms. The molecule has 0 fully saturated rings. The maximum Gasteiger partial charge on any atom is 0.260 e. The van der Waals surface area contributed by atoms with Gasteiger partial charge < -0.3 is 5.11 Å². The van der Waals surface area contributed by atoms with Crippen LogP contribution in [0.2, 0.25) is 0 Å². The highest BCUT2D eigenvalue weighted by Gasteiger charge is 2.21. The number of pyridine rings is 1. The van der Waals surface area contributed by atoms with Crippen molar-refractivity contribution in [2.75, 3.05) is 13.6 Å². The molecule has 0 aliphatic rings. The summed E-state index contributed by atoms with van der Waals surface area (Å²) in [5.41, 5.74) is 0.597. The van der Waals surface area contributed by atoms with Gasteiger partial charge in [0.25, 0.3) is 10.0 Å². The predicted octanol–water partition coefficient (Wildman–Crippen LogP) is 0.995. The van der Waals surface area contributed by atoms with E-state index in [-0.39, 0.29) is 11.6 Å². The summed E-state index contributed by atoms with van der Waals surface area (Å²) in [6.45, 7) is 2.36. The smallest absolute Gasteiger partial charge is 0.260 e. The molecular formula is C11H18N2O3S. The maximum atomic E-state index is 12.0. The minimum absolute atomic E-state index is 0.0216. The molecule has 96 valence electrons. The number of sulfonamides is 1. The quantitative estimate of drug-likeness (QED) is 0.826. The number of aliphatic hydroxyl groups is 1. The largest absolute Gasteiger partial charge is 0.392 e. The van der Waals surface area contributed by atoms with Crippen molar-refractivity contribution in [3.8, 4) is 0 Å². The average Bonchev–Trinajstić information content (AvgIpc) is 2.35. The van der Waals surface area contributed by atoms with Gasteiger partial charge in [-0.15, -0.1) is 0 Å². The van der Waals surface area contributed by atoms with Gasteiger partial charge >= 0.3 is 0 Å². The second kappa shape index (κ2) is 6.09. The van der Waals surface area contributed by atoms with Crippen LogP contribution in [0.4, 0.5) is 0 Å². The Hall–Kier alpha value is -0.980. The summed E-state index contributed by atoms with van der Waals surface area (Å²) in [6, 6.07) is 2.98. The van der Waals surface area contributed by atoms with Gasteiger partial charge in [0, 0.05) is 19.8 Å². The Bertz CT molecular complexity index is 442. The third-order valence-electron chi connectivity index (χ3n) is 2.48. The molecule has 0 radical (unpaired) electrons. The average molecular weight is 258 g/mol. The van der Waals surface area contributed by atoms with Crippen molar-refractivity contribution in [1.82, 2.24) is 9.29 Å². The van der Waals surface area contributed by atoms with Crippen molar-refractivity contribution in [2.24, 2.45) is 0 Å². The highest BCUT2D eigenvalue weighted by atomic mass is 32.2. The first-order chi connectivity index (χ1) is 8.02. The first kappa shape index (κ1) is 14.1. The summed E-state index contributed by atoms with van der Waals surface area (Å²) in [4.78, 5) is 3.86. The zero-order chi connectivity index (χ0) is 12.9. The second-order valence-corrected chi connectivity index (χ2v) is 5.83. The van der Waals surface area contributed by atoms with E-state index in [1.54, 1.807) is 13.1 Å². The molecule has 0 aliphatic heterocycles. The highest BCUT2D eigenvalue weighted by Crippen LogP contribution is 2.12. The summed E-state index contributed by atoms with van der Waals surface area (Å²) in [7, 11) is -1.95. The molecule has 0 atom stereocenters. The summed E-state index contributed by atoms with van der Waals surface area (Å²) >= 11 is 0. The van der Waals surface area contributed by atoms with Gasteiger partial charge in [-0.3, -0.25) is 0 Å². The van der Waals surface area contributed by atoms with E-state index in [1.165, 1.54) is 16.6 Å². The Labute approximate surface area is 102 Å². The van der Waals surface area contributed by atoms with Crippen LogP contribution >= 0.6 is 0 Å². The number of aliphatic hydroxyl groups excluding tert-OH is 1. The first-order valence-corrected chi connectivity index (χ1v) is 6.98. The number of hydrogen-bond donors (Lipinski definition) is 1. The lowest BCUT2D eigenvalue weighted by atomic mass is 10.3. The summed E-state index contributed by atoms with van der Waals surface area (Å²) in [6.07, 6.45) is 3.14. The van der Waals surface area contributed by atoms with Gasteiger partial charge in [-0.05, 0) is 18.1 Å². The van der Waals surface area contributed by atoms with Crippen molar-refractivity contribution < 1.29 is 13.5 Å². The maximum absolute atomic E-state index is 12.0. The van der Waals surface area contributed by atoms with Gasteiger partial charge in [-0.1, -0.05) is 19.4 Å². The number of aromatic nitrogens is 1. The van der Waals surface area contributed by atoms with Crippen LogP contribution in [0.1, 0.15) is 25.3 Å². The molecule has 5 nitrogen and oxygen atoms in total. The lowest BCUT2D eigenvalue weighted by Crippen LogP contribution is -2.28. The molecule has 0 amide bonds. The number of nitrogens with zero attached hydrogens (tertiary/aromatic N) is 2. The minimum atomic E-state index is -3.50. The Balaban J connectivity index is 2.88. The third-order valence-corrected chi connectivity index (χ3v) is 4.25. The van der Waals surface area contributed by atoms with E-state index in [1.807, 2.05) is 6.92 Å². The van der Waals surface area contributed by atoms with Crippen molar-refractivity contribution in [2.45, 2.75) is 31.4 Å². The lowest BCUT2D eigenvalue weighted by Gasteiger charge is -2.15. The van der Waals surface area contributed by atoms with Crippen molar-refractivity contribution >= 4 is 10.0 Å². The van der Waals surface area contributed by atoms with E-state index in [2.05, 4.69) is 4.98 Å². The SMILES string of the molecule is CCCCN(C)S(=O)(=O)c1ccc(CO)cn1. The molecule has 1 aromatic heterocycles. The van der Waals surface area contributed by atoms with Crippen molar-refractivity contribution in [1.29, 1.82) is 0 Å². The summed E-state index contributed by atoms with van der Waals surface area (Å²) in [5.74, 6) is 0. The fourth-order valence-electron chi connectivity index (χ4n) is 1.32. The van der Waals surface area contributed by atoms with Gasteiger partial charge in [0.05, 0.1) is 6.61 Å². The minimum Gasteiger partial charge on any atom is -0.392 e. The molecule has 1 rings (SSSR count). The Morgan fingerprint density at radius 1 is 1.41 bits per heavy atom. The van der Waals surface area contributed by atoms with E-state index in [0.717, 1.165) is 12.8 Å². The van der Waals surface area contributed by atoms with Crippen LogP contribution in [-0.2, 0) is 16.6 Å². The molecule has 0 spiro atoms. The molecule has 0 bridgehead atoms. The van der Waals surface area contributed by atoms with Crippen molar-refractivity contribution in [3.05, 3.63) is 23.9 Å². The zero-order valence-corrected chi connectivity index (χ0v) is 10.9. The molecule has 1 aromatic rings. The van der Waals surface area contributed by atoms with Gasteiger partial charge in [0.1, 0.15) is 0 Å². The van der Waals surface area contributed by atoms with Crippen LogP contribution in [-0.4, -0.2) is 36.4 Å². The van der Waals surface area contributed by atoms with Gasteiger partial charge in [0.2, 0.25) is 0 Å². The monoisotopic (exact) mass is 258 g/mol. The highest BCUT2D eigenvalue weighted by molar-refractivity contribution is 7.89. The van der Waals surface area contributed by atoms with Crippen LogP contribution in [0.5, 0.6) is 0 Å². The number of hydrogen-bond acceptors (Lipinski definition) is 4.